The topological polar surface area (TPSA) is 104 Å². The monoisotopic (exact) mass is 382 g/mol. The molecule has 6 nitrogen and oxygen atoms in total. The maximum absolute atomic E-state index is 11.2. The van der Waals surface area contributed by atoms with Crippen molar-refractivity contribution >= 4 is 21.4 Å². The van der Waals surface area contributed by atoms with Crippen LogP contribution >= 0.6 is 0 Å². The SMILES string of the molecule is C=C(c1cccc(CCS(N)(=O)=O)c1)c1cnn(-c2ccc(C)cc2)c1N. The predicted molar refractivity (Wildman–Crippen MR) is 109 cm³/mol. The summed E-state index contributed by atoms with van der Waals surface area (Å²) in [6.07, 6.45) is 2.03. The molecule has 3 rings (SSSR count). The average Bonchev–Trinajstić information content (AvgIpc) is 3.01. The minimum Gasteiger partial charge on any atom is -0.383 e. The van der Waals surface area contributed by atoms with Crippen molar-refractivity contribution in [2.45, 2.75) is 13.3 Å². The van der Waals surface area contributed by atoms with Crippen LogP contribution in [0.4, 0.5) is 5.82 Å². The van der Waals surface area contributed by atoms with Crippen LogP contribution in [0.2, 0.25) is 0 Å². The summed E-state index contributed by atoms with van der Waals surface area (Å²) in [5.41, 5.74) is 11.5. The highest BCUT2D eigenvalue weighted by Crippen LogP contribution is 2.28. The molecule has 0 saturated heterocycles. The van der Waals surface area contributed by atoms with E-state index in [-0.39, 0.29) is 5.75 Å². The first-order valence-corrected chi connectivity index (χ1v) is 10.2. The molecule has 0 unspecified atom stereocenters. The van der Waals surface area contributed by atoms with Crippen molar-refractivity contribution < 1.29 is 8.42 Å². The van der Waals surface area contributed by atoms with Crippen LogP contribution in [-0.4, -0.2) is 24.0 Å². The Kier molecular flexibility index (Phi) is 5.16. The molecule has 0 spiro atoms. The third-order valence-electron chi connectivity index (χ3n) is 4.36. The Morgan fingerprint density at radius 3 is 2.56 bits per heavy atom. The first kappa shape index (κ1) is 18.9. The van der Waals surface area contributed by atoms with Crippen LogP contribution in [0, 0.1) is 6.92 Å². The van der Waals surface area contributed by atoms with Gasteiger partial charge in [0.1, 0.15) is 5.82 Å². The van der Waals surface area contributed by atoms with Crippen molar-refractivity contribution in [1.29, 1.82) is 0 Å². The summed E-state index contributed by atoms with van der Waals surface area (Å²) in [6.45, 7) is 6.17. The maximum atomic E-state index is 11.2. The van der Waals surface area contributed by atoms with Gasteiger partial charge in [-0.15, -0.1) is 0 Å². The van der Waals surface area contributed by atoms with Crippen LogP contribution < -0.4 is 10.9 Å². The molecule has 0 aliphatic rings. The summed E-state index contributed by atoms with van der Waals surface area (Å²) < 4.78 is 24.0. The van der Waals surface area contributed by atoms with Crippen LogP contribution in [0.15, 0.2) is 61.3 Å². The Hall–Kier alpha value is -2.90. The molecular weight excluding hydrogens is 360 g/mol. The molecule has 0 aliphatic heterocycles. The first-order chi connectivity index (χ1) is 12.7. The predicted octanol–water partition coefficient (Wildman–Crippen LogP) is 2.66. The van der Waals surface area contributed by atoms with Crippen molar-refractivity contribution in [2.75, 3.05) is 11.5 Å². The van der Waals surface area contributed by atoms with E-state index in [9.17, 15) is 8.42 Å². The summed E-state index contributed by atoms with van der Waals surface area (Å²) >= 11 is 0. The van der Waals surface area contributed by atoms with E-state index in [1.165, 1.54) is 0 Å². The van der Waals surface area contributed by atoms with E-state index in [1.54, 1.807) is 10.9 Å². The number of sulfonamides is 1. The lowest BCUT2D eigenvalue weighted by atomic mass is 9.99. The van der Waals surface area contributed by atoms with Gasteiger partial charge in [-0.1, -0.05) is 48.5 Å². The summed E-state index contributed by atoms with van der Waals surface area (Å²) in [7, 11) is -3.50. The zero-order chi connectivity index (χ0) is 19.6. The third kappa shape index (κ3) is 4.45. The van der Waals surface area contributed by atoms with E-state index in [0.717, 1.165) is 33.5 Å². The highest BCUT2D eigenvalue weighted by Gasteiger charge is 2.14. The number of nitrogens with zero attached hydrogens (tertiary/aromatic N) is 2. The molecule has 0 amide bonds. The first-order valence-electron chi connectivity index (χ1n) is 8.44. The number of aromatic nitrogens is 2. The van der Waals surface area contributed by atoms with Gasteiger partial charge in [-0.3, -0.25) is 0 Å². The molecule has 0 fully saturated rings. The molecule has 0 atom stereocenters. The molecule has 0 aliphatic carbocycles. The molecule has 7 heteroatoms. The van der Waals surface area contributed by atoms with Gasteiger partial charge < -0.3 is 5.73 Å². The van der Waals surface area contributed by atoms with Gasteiger partial charge in [0, 0.05) is 5.56 Å². The zero-order valence-electron chi connectivity index (χ0n) is 15.1. The lowest BCUT2D eigenvalue weighted by Crippen LogP contribution is -2.17. The Morgan fingerprint density at radius 2 is 1.89 bits per heavy atom. The standard InChI is InChI=1S/C20H22N4O2S/c1-14-6-8-18(9-7-14)24-20(21)19(13-23-24)15(2)17-5-3-4-16(12-17)10-11-27(22,25)26/h3-9,12-13H,2,10-11,21H2,1H3,(H2,22,25,26). The number of aryl methyl sites for hydroxylation is 2. The second-order valence-electron chi connectivity index (χ2n) is 6.49. The van der Waals surface area contributed by atoms with Crippen molar-refractivity contribution in [3.05, 3.63) is 83.6 Å². The smallest absolute Gasteiger partial charge is 0.209 e. The Labute approximate surface area is 159 Å². The summed E-state index contributed by atoms with van der Waals surface area (Å²) in [5.74, 6) is 0.398. The number of hydrogen-bond donors (Lipinski definition) is 2. The van der Waals surface area contributed by atoms with E-state index in [1.807, 2.05) is 55.5 Å². The number of nitrogen functional groups attached to an aromatic ring is 1. The number of benzene rings is 2. The van der Waals surface area contributed by atoms with E-state index in [2.05, 4.69) is 11.7 Å². The van der Waals surface area contributed by atoms with Gasteiger partial charge in [0.15, 0.2) is 0 Å². The fraction of sp³-hybridized carbons (Fsp3) is 0.150. The van der Waals surface area contributed by atoms with E-state index < -0.39 is 10.0 Å². The molecule has 0 bridgehead atoms. The number of hydrogen-bond acceptors (Lipinski definition) is 4. The van der Waals surface area contributed by atoms with Crippen LogP contribution in [0.5, 0.6) is 0 Å². The number of rotatable bonds is 6. The molecule has 0 radical (unpaired) electrons. The van der Waals surface area contributed by atoms with Gasteiger partial charge in [-0.2, -0.15) is 5.10 Å². The third-order valence-corrected chi connectivity index (χ3v) is 5.13. The number of anilines is 1. The fourth-order valence-electron chi connectivity index (χ4n) is 2.81. The van der Waals surface area contributed by atoms with Crippen LogP contribution in [0.25, 0.3) is 11.3 Å². The van der Waals surface area contributed by atoms with E-state index in [0.29, 0.717) is 12.2 Å². The summed E-state index contributed by atoms with van der Waals surface area (Å²) in [6, 6.07) is 15.4. The van der Waals surface area contributed by atoms with Crippen LogP contribution in [0.3, 0.4) is 0 Å². The highest BCUT2D eigenvalue weighted by molar-refractivity contribution is 7.89. The Bertz CT molecular complexity index is 1080. The number of nitrogens with two attached hydrogens (primary N) is 2. The molecule has 2 aromatic carbocycles. The van der Waals surface area contributed by atoms with Crippen molar-refractivity contribution in [1.82, 2.24) is 9.78 Å². The lowest BCUT2D eigenvalue weighted by Gasteiger charge is -2.09. The van der Waals surface area contributed by atoms with Gasteiger partial charge in [0.2, 0.25) is 10.0 Å². The molecule has 140 valence electrons. The van der Waals surface area contributed by atoms with E-state index >= 15 is 0 Å². The zero-order valence-corrected chi connectivity index (χ0v) is 15.9. The Balaban J connectivity index is 1.87. The average molecular weight is 382 g/mol. The Morgan fingerprint density at radius 1 is 1.19 bits per heavy atom. The molecule has 27 heavy (non-hydrogen) atoms. The van der Waals surface area contributed by atoms with E-state index in [4.69, 9.17) is 10.9 Å². The quantitative estimate of drug-likeness (QED) is 0.684. The summed E-state index contributed by atoms with van der Waals surface area (Å²) in [4.78, 5) is 0. The van der Waals surface area contributed by atoms with Crippen molar-refractivity contribution in [3.8, 4) is 5.69 Å². The normalized spacial score (nSPS) is 11.5. The van der Waals surface area contributed by atoms with Crippen LogP contribution in [0.1, 0.15) is 22.3 Å². The van der Waals surface area contributed by atoms with Gasteiger partial charge in [0.05, 0.1) is 17.6 Å². The molecule has 1 heterocycles. The van der Waals surface area contributed by atoms with Crippen LogP contribution in [-0.2, 0) is 16.4 Å². The molecule has 0 saturated carbocycles. The summed E-state index contributed by atoms with van der Waals surface area (Å²) in [5, 5.41) is 9.47. The minimum absolute atomic E-state index is 0.101. The lowest BCUT2D eigenvalue weighted by molar-refractivity contribution is 0.597. The minimum atomic E-state index is -3.50. The maximum Gasteiger partial charge on any atom is 0.209 e. The fourth-order valence-corrected chi connectivity index (χ4v) is 3.33. The second kappa shape index (κ2) is 7.38. The van der Waals surface area contributed by atoms with Gasteiger partial charge in [0.25, 0.3) is 0 Å². The molecule has 1 aromatic heterocycles. The van der Waals surface area contributed by atoms with Gasteiger partial charge in [-0.05, 0) is 42.2 Å². The van der Waals surface area contributed by atoms with Crippen molar-refractivity contribution in [2.24, 2.45) is 5.14 Å². The largest absolute Gasteiger partial charge is 0.383 e. The van der Waals surface area contributed by atoms with Crippen molar-refractivity contribution in [3.63, 3.8) is 0 Å². The number of primary sulfonamides is 1. The van der Waals surface area contributed by atoms with Gasteiger partial charge in [-0.25, -0.2) is 18.2 Å². The van der Waals surface area contributed by atoms with Gasteiger partial charge >= 0.3 is 0 Å². The molecule has 4 N–H and O–H groups in total. The molecule has 3 aromatic rings. The molecular formula is C20H22N4O2S. The highest BCUT2D eigenvalue weighted by atomic mass is 32.2. The second-order valence-corrected chi connectivity index (χ2v) is 8.22.